The number of imidazole rings is 1. The number of H-pyrrole nitrogens is 1. The summed E-state index contributed by atoms with van der Waals surface area (Å²) in [7, 11) is -5.08. The molecule has 3 aromatic heterocycles. The van der Waals surface area contributed by atoms with Crippen LogP contribution in [0.5, 0.6) is 0 Å². The number of phosphoric ester groups is 1. The van der Waals surface area contributed by atoms with Crippen LogP contribution >= 0.6 is 7.82 Å². The number of hydrogen-bond acceptors (Lipinski definition) is 16. The first-order valence-corrected chi connectivity index (χ1v) is 18.2. The van der Waals surface area contributed by atoms with E-state index in [2.05, 4.69) is 24.9 Å². The first-order valence-electron chi connectivity index (χ1n) is 16.7. The van der Waals surface area contributed by atoms with Crippen molar-refractivity contribution in [3.8, 4) is 0 Å². The van der Waals surface area contributed by atoms with Gasteiger partial charge in [0.05, 0.1) is 32.8 Å². The first kappa shape index (κ1) is 37.6. The number of aryl methyl sites for hydroxylation is 1. The molecule has 0 radical (unpaired) electrons. The number of aromatic nitrogens is 7. The molecular weight excluding hydrogens is 731 g/mol. The highest BCUT2D eigenvalue weighted by molar-refractivity contribution is 7.47. The topological polar surface area (TPSA) is 271 Å². The largest absolute Gasteiger partial charge is 0.472 e. The number of nitrogen functional groups attached to an aromatic ring is 1. The van der Waals surface area contributed by atoms with Gasteiger partial charge in [-0.05, 0) is 18.1 Å². The number of nitrogens with two attached hydrogens (primary N) is 1. The van der Waals surface area contributed by atoms with Gasteiger partial charge >= 0.3 is 13.5 Å². The molecule has 286 valence electrons. The summed E-state index contributed by atoms with van der Waals surface area (Å²) in [5.74, 6) is 0.0234. The minimum Gasteiger partial charge on any atom is -0.394 e. The quantitative estimate of drug-likeness (QED) is 0.0962. The molecule has 0 saturated carbocycles. The highest BCUT2D eigenvalue weighted by atomic mass is 31.2. The lowest BCUT2D eigenvalue weighted by atomic mass is 10.1. The number of aromatic amines is 1. The van der Waals surface area contributed by atoms with Crippen LogP contribution in [0.2, 0.25) is 0 Å². The number of nitrogens with zero attached hydrogens (tertiary/aromatic N) is 6. The van der Waals surface area contributed by atoms with Crippen LogP contribution in [0.15, 0.2) is 82.9 Å². The third-order valence-corrected chi connectivity index (χ3v) is 9.84. The Morgan fingerprint density at radius 3 is 2.13 bits per heavy atom. The van der Waals surface area contributed by atoms with E-state index < -0.39 is 81.4 Å². The lowest BCUT2D eigenvalue weighted by molar-refractivity contribution is -0.0815. The normalized spacial score (nSPS) is 26.7. The molecule has 20 nitrogen and oxygen atoms in total. The number of fused-ring (bicyclic) bond motifs is 1. The van der Waals surface area contributed by atoms with E-state index in [-0.39, 0.29) is 30.3 Å². The third-order valence-electron chi connectivity index (χ3n) is 8.85. The minimum atomic E-state index is -5.08. The van der Waals surface area contributed by atoms with Gasteiger partial charge < -0.3 is 44.8 Å². The molecule has 0 bridgehead atoms. The summed E-state index contributed by atoms with van der Waals surface area (Å²) in [5.41, 5.74) is 5.94. The van der Waals surface area contributed by atoms with Gasteiger partial charge in [-0.2, -0.15) is 4.98 Å². The second kappa shape index (κ2) is 15.9. The SMILES string of the molecule is Cc1nc2c(ncn2[C@@H]2O[C@H](COP(=O)(O)O[C@@H]3C(OCc4ccccc4)[C@H](n4cnc(N)nc4=O)O[C@@H]3CO)[C@H](O)C2OCc2ccccc2)c(=O)[nH]1. The first-order chi connectivity index (χ1) is 26.0. The Morgan fingerprint density at radius 2 is 1.48 bits per heavy atom. The second-order valence-electron chi connectivity index (χ2n) is 12.5. The van der Waals surface area contributed by atoms with Crippen molar-refractivity contribution in [2.75, 3.05) is 18.9 Å². The molecule has 0 spiro atoms. The highest BCUT2D eigenvalue weighted by Crippen LogP contribution is 2.50. The number of rotatable bonds is 14. The number of anilines is 1. The Labute approximate surface area is 305 Å². The van der Waals surface area contributed by atoms with Crippen LogP contribution in [0.3, 0.4) is 0 Å². The summed E-state index contributed by atoms with van der Waals surface area (Å²) in [6.45, 7) is 0.229. The van der Waals surface area contributed by atoms with Crippen molar-refractivity contribution in [1.82, 2.24) is 34.1 Å². The molecule has 21 heteroatoms. The van der Waals surface area contributed by atoms with E-state index in [1.54, 1.807) is 31.2 Å². The van der Waals surface area contributed by atoms with Gasteiger partial charge in [-0.25, -0.2) is 24.3 Å². The fourth-order valence-corrected chi connectivity index (χ4v) is 7.24. The van der Waals surface area contributed by atoms with Crippen LogP contribution in [0.4, 0.5) is 5.95 Å². The Hall–Kier alpha value is -4.73. The number of hydrogen-bond donors (Lipinski definition) is 5. The molecule has 9 atom stereocenters. The number of phosphoric acid groups is 1. The molecule has 6 N–H and O–H groups in total. The molecule has 5 aromatic rings. The molecule has 5 heterocycles. The average Bonchev–Trinajstić information content (AvgIpc) is 3.82. The molecule has 0 amide bonds. The Bertz CT molecular complexity index is 2220. The zero-order valence-electron chi connectivity index (χ0n) is 28.6. The summed E-state index contributed by atoms with van der Waals surface area (Å²) in [6.07, 6.45) is -7.85. The van der Waals surface area contributed by atoms with E-state index in [0.29, 0.717) is 5.82 Å². The predicted octanol–water partition coefficient (Wildman–Crippen LogP) is 0.483. The molecule has 2 aliphatic rings. The van der Waals surface area contributed by atoms with Crippen LogP contribution in [-0.2, 0) is 45.8 Å². The average molecular weight is 769 g/mol. The van der Waals surface area contributed by atoms with E-state index in [1.165, 1.54) is 10.9 Å². The van der Waals surface area contributed by atoms with Gasteiger partial charge in [0.15, 0.2) is 23.6 Å². The summed E-state index contributed by atoms with van der Waals surface area (Å²) >= 11 is 0. The molecule has 2 saturated heterocycles. The Kier molecular flexibility index (Phi) is 11.1. The fraction of sp³-hybridized carbons (Fsp3) is 0.394. The van der Waals surface area contributed by atoms with Crippen LogP contribution in [0.1, 0.15) is 29.4 Å². The van der Waals surface area contributed by atoms with Crippen LogP contribution in [0.25, 0.3) is 11.2 Å². The van der Waals surface area contributed by atoms with E-state index in [0.717, 1.165) is 22.0 Å². The van der Waals surface area contributed by atoms with Gasteiger partial charge in [0.2, 0.25) is 5.95 Å². The van der Waals surface area contributed by atoms with E-state index >= 15 is 0 Å². The van der Waals surface area contributed by atoms with Crippen LogP contribution < -0.4 is 17.0 Å². The summed E-state index contributed by atoms with van der Waals surface area (Å²) in [5, 5.41) is 21.7. The smallest absolute Gasteiger partial charge is 0.394 e. The maximum atomic E-state index is 13.6. The van der Waals surface area contributed by atoms with Gasteiger partial charge in [0.25, 0.3) is 5.56 Å². The maximum Gasteiger partial charge on any atom is 0.472 e. The molecule has 3 unspecified atom stereocenters. The maximum absolute atomic E-state index is 13.6. The Balaban J connectivity index is 1.11. The van der Waals surface area contributed by atoms with E-state index in [9.17, 15) is 29.3 Å². The molecular formula is C33H37N8O12P. The van der Waals surface area contributed by atoms with E-state index in [1.807, 2.05) is 36.4 Å². The van der Waals surface area contributed by atoms with Crippen molar-refractivity contribution >= 4 is 24.9 Å². The summed E-state index contributed by atoms with van der Waals surface area (Å²) in [6, 6.07) is 18.1. The lowest BCUT2D eigenvalue weighted by Crippen LogP contribution is -2.40. The number of ether oxygens (including phenoxy) is 4. The minimum absolute atomic E-state index is 0.0285. The van der Waals surface area contributed by atoms with Crippen molar-refractivity contribution in [3.63, 3.8) is 0 Å². The van der Waals surface area contributed by atoms with Crippen molar-refractivity contribution in [1.29, 1.82) is 0 Å². The fourth-order valence-electron chi connectivity index (χ4n) is 6.28. The van der Waals surface area contributed by atoms with Crippen LogP contribution in [-0.4, -0.2) is 99.0 Å². The molecule has 7 rings (SSSR count). The summed E-state index contributed by atoms with van der Waals surface area (Å²) < 4.78 is 51.2. The standard InChI is InChI=1S/C33H37N8O12P/c1-18-37-28-23(29(44)38-18)35-16-40(28)30-26(48-13-19-8-4-2-5-9-19)24(43)22(52-30)15-50-54(46,47)53-25-21(12-42)51-31(41-17-36-32(34)39-33(41)45)27(25)49-14-20-10-6-3-7-11-20/h2-11,16-17,21-22,24-27,30-31,42-43H,12-15H2,1H3,(H,46,47)(H2,34,39,45)(H,37,38,44)/t21-,22-,24+,25+,26?,27?,30-,31-/m1/s1. The van der Waals surface area contributed by atoms with Crippen molar-refractivity contribution in [2.45, 2.75) is 69.2 Å². The van der Waals surface area contributed by atoms with Gasteiger partial charge in [0, 0.05) is 0 Å². The number of aliphatic hydroxyl groups excluding tert-OH is 2. The van der Waals surface area contributed by atoms with Gasteiger partial charge in [-0.15, -0.1) is 0 Å². The molecule has 2 fully saturated rings. The molecule has 0 aliphatic carbocycles. The zero-order valence-corrected chi connectivity index (χ0v) is 29.5. The number of aliphatic hydroxyl groups is 2. The zero-order chi connectivity index (χ0) is 38.0. The van der Waals surface area contributed by atoms with Gasteiger partial charge in [-0.3, -0.25) is 23.0 Å². The van der Waals surface area contributed by atoms with Crippen molar-refractivity contribution < 1.29 is 47.7 Å². The van der Waals surface area contributed by atoms with Gasteiger partial charge in [0.1, 0.15) is 48.8 Å². The summed E-state index contributed by atoms with van der Waals surface area (Å²) in [4.78, 5) is 55.0. The van der Waals surface area contributed by atoms with Crippen LogP contribution in [0, 0.1) is 6.92 Å². The monoisotopic (exact) mass is 768 g/mol. The van der Waals surface area contributed by atoms with Crippen molar-refractivity contribution in [2.24, 2.45) is 0 Å². The predicted molar refractivity (Wildman–Crippen MR) is 185 cm³/mol. The lowest BCUT2D eigenvalue weighted by Gasteiger charge is -2.26. The molecule has 2 aliphatic heterocycles. The molecule has 2 aromatic carbocycles. The second-order valence-corrected chi connectivity index (χ2v) is 13.9. The van der Waals surface area contributed by atoms with Gasteiger partial charge in [-0.1, -0.05) is 60.7 Å². The third kappa shape index (κ3) is 8.03. The number of nitrogens with one attached hydrogen (secondary N) is 1. The Morgan fingerprint density at radius 1 is 0.870 bits per heavy atom. The van der Waals surface area contributed by atoms with Crippen molar-refractivity contribution in [3.05, 3.63) is 111 Å². The number of benzene rings is 2. The van der Waals surface area contributed by atoms with E-state index in [4.69, 9.17) is 33.7 Å². The molecule has 54 heavy (non-hydrogen) atoms. The highest BCUT2D eigenvalue weighted by Gasteiger charge is 2.52.